The molecular formula is C24H34N4O2. The molecule has 2 aromatic carbocycles. The number of methoxy groups -OCH3 is 1. The molecular weight excluding hydrogens is 376 g/mol. The van der Waals surface area contributed by atoms with Crippen molar-refractivity contribution < 1.29 is 9.53 Å². The monoisotopic (exact) mass is 410 g/mol. The molecule has 0 bridgehead atoms. The fraction of sp³-hybridized carbons (Fsp3) is 0.458. The van der Waals surface area contributed by atoms with Crippen molar-refractivity contribution in [3.8, 4) is 5.75 Å². The fourth-order valence-electron chi connectivity index (χ4n) is 3.71. The van der Waals surface area contributed by atoms with E-state index >= 15 is 0 Å². The van der Waals surface area contributed by atoms with E-state index < -0.39 is 0 Å². The maximum Gasteiger partial charge on any atom is 0.234 e. The van der Waals surface area contributed by atoms with Gasteiger partial charge in [0.15, 0.2) is 0 Å². The van der Waals surface area contributed by atoms with Crippen LogP contribution < -0.4 is 15.0 Å². The molecule has 1 aliphatic rings. The summed E-state index contributed by atoms with van der Waals surface area (Å²) in [5, 5.41) is 3.07. The van der Waals surface area contributed by atoms with Gasteiger partial charge < -0.3 is 15.0 Å². The molecule has 1 N–H and O–H groups in total. The van der Waals surface area contributed by atoms with Gasteiger partial charge in [0, 0.05) is 58.5 Å². The van der Waals surface area contributed by atoms with Gasteiger partial charge in [-0.25, -0.2) is 0 Å². The van der Waals surface area contributed by atoms with Crippen molar-refractivity contribution in [1.29, 1.82) is 0 Å². The van der Waals surface area contributed by atoms with Crippen LogP contribution in [0.25, 0.3) is 0 Å². The highest BCUT2D eigenvalue weighted by atomic mass is 16.5. The van der Waals surface area contributed by atoms with Crippen LogP contribution >= 0.6 is 0 Å². The maximum absolute atomic E-state index is 12.3. The van der Waals surface area contributed by atoms with Gasteiger partial charge in [0.05, 0.1) is 13.7 Å². The Morgan fingerprint density at radius 2 is 1.67 bits per heavy atom. The van der Waals surface area contributed by atoms with Crippen LogP contribution in [0, 0.1) is 0 Å². The normalized spacial score (nSPS) is 15.0. The number of nitrogens with one attached hydrogen (secondary N) is 1. The number of carbonyl (C=O) groups is 1. The molecule has 1 fully saturated rings. The van der Waals surface area contributed by atoms with Crippen molar-refractivity contribution in [3.05, 3.63) is 60.2 Å². The lowest BCUT2D eigenvalue weighted by atomic mass is 10.2. The van der Waals surface area contributed by atoms with Crippen molar-refractivity contribution in [2.75, 3.05) is 64.9 Å². The second kappa shape index (κ2) is 11.6. The molecule has 6 heteroatoms. The van der Waals surface area contributed by atoms with E-state index in [0.29, 0.717) is 13.1 Å². The fourth-order valence-corrected chi connectivity index (χ4v) is 3.71. The zero-order valence-electron chi connectivity index (χ0n) is 18.2. The predicted molar refractivity (Wildman–Crippen MR) is 122 cm³/mol. The minimum atomic E-state index is 0.126. The molecule has 1 heterocycles. The molecule has 0 aromatic heterocycles. The number of rotatable bonds is 10. The number of piperazine rings is 1. The SMILES string of the molecule is COc1ccc(CN2CCN(CC(=O)NCCCN(C)c3ccccc3)CC2)cc1. The molecule has 3 rings (SSSR count). The first kappa shape index (κ1) is 22.1. The molecule has 30 heavy (non-hydrogen) atoms. The van der Waals surface area contributed by atoms with Crippen LogP contribution in [-0.4, -0.2) is 75.7 Å². The number of carbonyl (C=O) groups excluding carboxylic acids is 1. The smallest absolute Gasteiger partial charge is 0.234 e. The highest BCUT2D eigenvalue weighted by Crippen LogP contribution is 2.14. The summed E-state index contributed by atoms with van der Waals surface area (Å²) in [6, 6.07) is 18.6. The minimum absolute atomic E-state index is 0.126. The zero-order chi connectivity index (χ0) is 21.2. The summed E-state index contributed by atoms with van der Waals surface area (Å²) in [5.41, 5.74) is 2.50. The molecule has 1 saturated heterocycles. The van der Waals surface area contributed by atoms with E-state index in [2.05, 4.69) is 51.3 Å². The van der Waals surface area contributed by atoms with E-state index in [4.69, 9.17) is 4.74 Å². The van der Waals surface area contributed by atoms with E-state index in [1.807, 2.05) is 30.3 Å². The number of ether oxygens (including phenoxy) is 1. The minimum Gasteiger partial charge on any atom is -0.497 e. The predicted octanol–water partition coefficient (Wildman–Crippen LogP) is 2.46. The summed E-state index contributed by atoms with van der Waals surface area (Å²) in [4.78, 5) is 19.2. The standard InChI is InChI=1S/C24H34N4O2/c1-26(22-7-4-3-5-8-22)14-6-13-25-24(29)20-28-17-15-27(16-18-28)19-21-9-11-23(30-2)12-10-21/h3-5,7-12H,6,13-20H2,1-2H3,(H,25,29). The van der Waals surface area contributed by atoms with Crippen molar-refractivity contribution in [1.82, 2.24) is 15.1 Å². The Kier molecular flexibility index (Phi) is 8.53. The van der Waals surface area contributed by atoms with Gasteiger partial charge in [-0.3, -0.25) is 14.6 Å². The van der Waals surface area contributed by atoms with Gasteiger partial charge in [-0.2, -0.15) is 0 Å². The average molecular weight is 411 g/mol. The van der Waals surface area contributed by atoms with Crippen molar-refractivity contribution >= 4 is 11.6 Å². The van der Waals surface area contributed by atoms with Crippen LogP contribution in [-0.2, 0) is 11.3 Å². The quantitative estimate of drug-likeness (QED) is 0.610. The highest BCUT2D eigenvalue weighted by Gasteiger charge is 2.19. The Balaban J connectivity index is 1.28. The molecule has 0 atom stereocenters. The van der Waals surface area contributed by atoms with Gasteiger partial charge in [-0.15, -0.1) is 0 Å². The number of anilines is 1. The summed E-state index contributed by atoms with van der Waals surface area (Å²) >= 11 is 0. The second-order valence-electron chi connectivity index (χ2n) is 7.86. The Bertz CT molecular complexity index is 759. The van der Waals surface area contributed by atoms with Gasteiger partial charge in [0.2, 0.25) is 5.91 Å². The molecule has 1 amide bonds. The molecule has 0 radical (unpaired) electrons. The van der Waals surface area contributed by atoms with Gasteiger partial charge in [0.1, 0.15) is 5.75 Å². The van der Waals surface area contributed by atoms with Crippen molar-refractivity contribution in [2.45, 2.75) is 13.0 Å². The lowest BCUT2D eigenvalue weighted by Gasteiger charge is -2.34. The van der Waals surface area contributed by atoms with Gasteiger partial charge in [0.25, 0.3) is 0 Å². The first-order valence-corrected chi connectivity index (χ1v) is 10.7. The van der Waals surface area contributed by atoms with E-state index in [0.717, 1.165) is 51.4 Å². The van der Waals surface area contributed by atoms with E-state index in [9.17, 15) is 4.79 Å². The van der Waals surface area contributed by atoms with E-state index in [1.54, 1.807) is 7.11 Å². The highest BCUT2D eigenvalue weighted by molar-refractivity contribution is 5.78. The van der Waals surface area contributed by atoms with Crippen LogP contribution in [0.5, 0.6) is 5.75 Å². The third kappa shape index (κ3) is 7.04. The molecule has 162 valence electrons. The van der Waals surface area contributed by atoms with Gasteiger partial charge >= 0.3 is 0 Å². The van der Waals surface area contributed by atoms with E-state index in [-0.39, 0.29) is 5.91 Å². The van der Waals surface area contributed by atoms with Gasteiger partial charge in [-0.1, -0.05) is 30.3 Å². The molecule has 2 aromatic rings. The summed E-state index contributed by atoms with van der Waals surface area (Å²) in [5.74, 6) is 1.02. The third-order valence-corrected chi connectivity index (χ3v) is 5.59. The lowest BCUT2D eigenvalue weighted by molar-refractivity contribution is -0.122. The first-order chi connectivity index (χ1) is 14.6. The number of hydrogen-bond acceptors (Lipinski definition) is 5. The number of amides is 1. The van der Waals surface area contributed by atoms with Crippen LogP contribution in [0.2, 0.25) is 0 Å². The number of hydrogen-bond donors (Lipinski definition) is 1. The lowest BCUT2D eigenvalue weighted by Crippen LogP contribution is -2.49. The van der Waals surface area contributed by atoms with Crippen LogP contribution in [0.3, 0.4) is 0 Å². The zero-order valence-corrected chi connectivity index (χ0v) is 18.2. The number of para-hydroxylation sites is 1. The van der Waals surface area contributed by atoms with Crippen LogP contribution in [0.1, 0.15) is 12.0 Å². The molecule has 0 unspecified atom stereocenters. The first-order valence-electron chi connectivity index (χ1n) is 10.7. The second-order valence-corrected chi connectivity index (χ2v) is 7.86. The van der Waals surface area contributed by atoms with Crippen molar-refractivity contribution in [2.24, 2.45) is 0 Å². The number of benzene rings is 2. The molecule has 0 saturated carbocycles. The largest absolute Gasteiger partial charge is 0.497 e. The molecule has 1 aliphatic heterocycles. The Morgan fingerprint density at radius 3 is 2.33 bits per heavy atom. The maximum atomic E-state index is 12.3. The topological polar surface area (TPSA) is 48.1 Å². The summed E-state index contributed by atoms with van der Waals surface area (Å²) in [6.45, 7) is 6.91. The summed E-state index contributed by atoms with van der Waals surface area (Å²) in [6.07, 6.45) is 0.937. The Labute approximate surface area is 180 Å². The van der Waals surface area contributed by atoms with Crippen LogP contribution in [0.4, 0.5) is 5.69 Å². The van der Waals surface area contributed by atoms with Crippen LogP contribution in [0.15, 0.2) is 54.6 Å². The summed E-state index contributed by atoms with van der Waals surface area (Å²) in [7, 11) is 3.77. The van der Waals surface area contributed by atoms with Gasteiger partial charge in [-0.05, 0) is 36.2 Å². The van der Waals surface area contributed by atoms with E-state index in [1.165, 1.54) is 11.3 Å². The Hall–Kier alpha value is -2.57. The number of nitrogens with zero attached hydrogens (tertiary/aromatic N) is 3. The summed E-state index contributed by atoms with van der Waals surface area (Å²) < 4.78 is 5.22. The Morgan fingerprint density at radius 1 is 1.00 bits per heavy atom. The molecule has 0 spiro atoms. The molecule has 0 aliphatic carbocycles. The average Bonchev–Trinajstić information content (AvgIpc) is 2.79. The molecule has 6 nitrogen and oxygen atoms in total. The third-order valence-electron chi connectivity index (χ3n) is 5.59. The van der Waals surface area contributed by atoms with Crippen molar-refractivity contribution in [3.63, 3.8) is 0 Å².